The zero-order chi connectivity index (χ0) is 18.2. The molecule has 0 fully saturated rings. The van der Waals surface area contributed by atoms with E-state index < -0.39 is 18.0 Å². The van der Waals surface area contributed by atoms with Crippen molar-refractivity contribution in [2.75, 3.05) is 18.1 Å². The molecule has 134 valence electrons. The van der Waals surface area contributed by atoms with Crippen LogP contribution in [0.2, 0.25) is 0 Å². The molecule has 25 heavy (non-hydrogen) atoms. The molecule has 0 saturated heterocycles. The van der Waals surface area contributed by atoms with Gasteiger partial charge in [-0.2, -0.15) is 13.2 Å². The molecule has 0 aliphatic carbocycles. The summed E-state index contributed by atoms with van der Waals surface area (Å²) >= 11 is 4.99. The number of halogens is 4. The molecule has 1 aromatic carbocycles. The lowest BCUT2D eigenvalue weighted by atomic mass is 10.3. The average molecular weight is 436 g/mol. The lowest BCUT2D eigenvalue weighted by Gasteiger charge is -2.28. The molecule has 11 heteroatoms. The standard InChI is InChI=1S/C14H13BrF3N5OS/c1-25-10-3-2-8(6-9(10)15)19-13(24)22-4-5-23-11(7-22)20-21-12(23)14(16,17)18/h2-3,6H,4-5,7H2,1H3,(H,19,24). The SMILES string of the molecule is CSc1ccc(NC(=O)N2CCn3c(nnc3C(F)(F)F)C2)cc1Br. The Morgan fingerprint density at radius 1 is 1.32 bits per heavy atom. The number of hydrogen-bond donors (Lipinski definition) is 1. The Morgan fingerprint density at radius 2 is 2.08 bits per heavy atom. The van der Waals surface area contributed by atoms with E-state index in [1.165, 1.54) is 4.90 Å². The number of nitrogens with zero attached hydrogens (tertiary/aromatic N) is 4. The minimum absolute atomic E-state index is 0.000294. The third-order valence-electron chi connectivity index (χ3n) is 3.70. The molecule has 2 amide bonds. The number of amides is 2. The fourth-order valence-electron chi connectivity index (χ4n) is 2.49. The second kappa shape index (κ2) is 6.87. The van der Waals surface area contributed by atoms with Crippen molar-refractivity contribution in [3.05, 3.63) is 34.3 Å². The van der Waals surface area contributed by atoms with Gasteiger partial charge in [0.05, 0.1) is 6.54 Å². The molecule has 0 spiro atoms. The monoisotopic (exact) mass is 435 g/mol. The Hall–Kier alpha value is -1.75. The van der Waals surface area contributed by atoms with Crippen LogP contribution < -0.4 is 5.32 Å². The van der Waals surface area contributed by atoms with Gasteiger partial charge in [0.25, 0.3) is 0 Å². The van der Waals surface area contributed by atoms with Gasteiger partial charge in [0.2, 0.25) is 5.82 Å². The quantitative estimate of drug-likeness (QED) is 0.728. The van der Waals surface area contributed by atoms with Crippen LogP contribution in [0, 0.1) is 0 Å². The summed E-state index contributed by atoms with van der Waals surface area (Å²) in [5, 5.41) is 9.50. The predicted octanol–water partition coefficient (Wildman–Crippen LogP) is 3.83. The van der Waals surface area contributed by atoms with E-state index in [2.05, 4.69) is 31.4 Å². The Labute approximate surface area is 153 Å². The van der Waals surface area contributed by atoms with Gasteiger partial charge in [0.1, 0.15) is 0 Å². The molecule has 0 atom stereocenters. The van der Waals surface area contributed by atoms with Crippen LogP contribution in [0.4, 0.5) is 23.7 Å². The van der Waals surface area contributed by atoms with E-state index in [1.807, 2.05) is 12.3 Å². The van der Waals surface area contributed by atoms with Crippen LogP contribution in [-0.2, 0) is 19.3 Å². The number of hydrogen-bond acceptors (Lipinski definition) is 4. The van der Waals surface area contributed by atoms with Crippen LogP contribution in [0.15, 0.2) is 27.6 Å². The average Bonchev–Trinajstić information content (AvgIpc) is 2.98. The summed E-state index contributed by atoms with van der Waals surface area (Å²) in [6.07, 6.45) is -2.61. The number of rotatable bonds is 2. The van der Waals surface area contributed by atoms with Crippen LogP contribution in [0.3, 0.4) is 0 Å². The van der Waals surface area contributed by atoms with Gasteiger partial charge in [0, 0.05) is 28.1 Å². The first kappa shape index (κ1) is 18.1. The molecule has 1 N–H and O–H groups in total. The van der Waals surface area contributed by atoms with Gasteiger partial charge in [-0.25, -0.2) is 4.79 Å². The maximum Gasteiger partial charge on any atom is 0.451 e. The Bertz CT molecular complexity index is 810. The third-order valence-corrected chi connectivity index (χ3v) is 5.41. The summed E-state index contributed by atoms with van der Waals surface area (Å²) in [4.78, 5) is 14.8. The number of anilines is 1. The topological polar surface area (TPSA) is 63.1 Å². The highest BCUT2D eigenvalue weighted by molar-refractivity contribution is 9.10. The molecule has 0 saturated carbocycles. The van der Waals surface area contributed by atoms with Gasteiger partial charge in [-0.1, -0.05) is 0 Å². The molecule has 3 rings (SSSR count). The number of urea groups is 1. The van der Waals surface area contributed by atoms with Crippen molar-refractivity contribution in [3.8, 4) is 0 Å². The van der Waals surface area contributed by atoms with Crippen molar-refractivity contribution in [1.82, 2.24) is 19.7 Å². The zero-order valence-corrected chi connectivity index (χ0v) is 15.4. The van der Waals surface area contributed by atoms with Crippen LogP contribution >= 0.6 is 27.7 Å². The van der Waals surface area contributed by atoms with Crippen molar-refractivity contribution in [1.29, 1.82) is 0 Å². The maximum atomic E-state index is 12.8. The van der Waals surface area contributed by atoms with Crippen molar-refractivity contribution in [3.63, 3.8) is 0 Å². The summed E-state index contributed by atoms with van der Waals surface area (Å²) in [7, 11) is 0. The van der Waals surface area contributed by atoms with Crippen LogP contribution in [-0.4, -0.2) is 38.5 Å². The molecular formula is C14H13BrF3N5OS. The molecule has 0 unspecified atom stereocenters. The van der Waals surface area contributed by atoms with E-state index in [4.69, 9.17) is 0 Å². The largest absolute Gasteiger partial charge is 0.451 e. The molecule has 1 aromatic heterocycles. The molecule has 1 aliphatic rings. The second-order valence-electron chi connectivity index (χ2n) is 5.29. The highest BCUT2D eigenvalue weighted by Gasteiger charge is 2.39. The summed E-state index contributed by atoms with van der Waals surface area (Å²) < 4.78 is 40.3. The molecule has 2 aromatic rings. The molecule has 0 bridgehead atoms. The Kier molecular flexibility index (Phi) is 4.96. The van der Waals surface area contributed by atoms with E-state index >= 15 is 0 Å². The lowest BCUT2D eigenvalue weighted by Crippen LogP contribution is -2.41. The fraction of sp³-hybridized carbons (Fsp3) is 0.357. The van der Waals surface area contributed by atoms with Gasteiger partial charge < -0.3 is 14.8 Å². The Morgan fingerprint density at radius 3 is 2.72 bits per heavy atom. The van der Waals surface area contributed by atoms with E-state index in [-0.39, 0.29) is 25.5 Å². The van der Waals surface area contributed by atoms with Crippen molar-refractivity contribution in [2.45, 2.75) is 24.2 Å². The van der Waals surface area contributed by atoms with Crippen molar-refractivity contribution < 1.29 is 18.0 Å². The second-order valence-corrected chi connectivity index (χ2v) is 6.99. The predicted molar refractivity (Wildman–Crippen MR) is 90.4 cm³/mol. The number of benzene rings is 1. The maximum absolute atomic E-state index is 12.8. The Balaban J connectivity index is 1.71. The number of alkyl halides is 3. The van der Waals surface area contributed by atoms with E-state index in [0.717, 1.165) is 13.9 Å². The molecule has 2 heterocycles. The highest BCUT2D eigenvalue weighted by atomic mass is 79.9. The number of fused-ring (bicyclic) bond motifs is 1. The minimum atomic E-state index is -4.55. The van der Waals surface area contributed by atoms with Crippen molar-refractivity contribution >= 4 is 39.4 Å². The number of thioether (sulfide) groups is 1. The van der Waals surface area contributed by atoms with Crippen molar-refractivity contribution in [2.24, 2.45) is 0 Å². The molecule has 1 aliphatic heterocycles. The van der Waals surface area contributed by atoms with Gasteiger partial charge in [-0.3, -0.25) is 0 Å². The van der Waals surface area contributed by atoms with Gasteiger partial charge in [-0.15, -0.1) is 22.0 Å². The first-order valence-electron chi connectivity index (χ1n) is 7.18. The molecule has 0 radical (unpaired) electrons. The van der Waals surface area contributed by atoms with E-state index in [9.17, 15) is 18.0 Å². The van der Waals surface area contributed by atoms with E-state index in [1.54, 1.807) is 23.9 Å². The van der Waals surface area contributed by atoms with Gasteiger partial charge >= 0.3 is 12.2 Å². The number of carbonyl (C=O) groups is 1. The summed E-state index contributed by atoms with van der Waals surface area (Å²) in [5.74, 6) is -0.910. The molecule has 6 nitrogen and oxygen atoms in total. The molecular weight excluding hydrogens is 423 g/mol. The number of nitrogens with one attached hydrogen (secondary N) is 1. The fourth-order valence-corrected chi connectivity index (χ4v) is 3.81. The first-order chi connectivity index (χ1) is 11.8. The third kappa shape index (κ3) is 3.76. The first-order valence-corrected chi connectivity index (χ1v) is 9.20. The number of aromatic nitrogens is 3. The highest BCUT2D eigenvalue weighted by Crippen LogP contribution is 2.30. The van der Waals surface area contributed by atoms with Crippen LogP contribution in [0.25, 0.3) is 0 Å². The normalized spacial score (nSPS) is 14.4. The van der Waals surface area contributed by atoms with Gasteiger partial charge in [-0.05, 0) is 40.4 Å². The summed E-state index contributed by atoms with van der Waals surface area (Å²) in [6, 6.07) is 5.01. The van der Waals surface area contributed by atoms with Gasteiger partial charge in [0.15, 0.2) is 5.82 Å². The zero-order valence-electron chi connectivity index (χ0n) is 13.0. The van der Waals surface area contributed by atoms with Crippen LogP contribution in [0.1, 0.15) is 11.6 Å². The minimum Gasteiger partial charge on any atom is -0.315 e. The number of carbonyl (C=O) groups excluding carboxylic acids is 1. The summed E-state index contributed by atoms with van der Waals surface area (Å²) in [5.41, 5.74) is 0.595. The summed E-state index contributed by atoms with van der Waals surface area (Å²) in [6.45, 7) is 0.114. The van der Waals surface area contributed by atoms with Crippen LogP contribution in [0.5, 0.6) is 0 Å². The van der Waals surface area contributed by atoms with E-state index in [0.29, 0.717) is 5.69 Å². The lowest BCUT2D eigenvalue weighted by molar-refractivity contribution is -0.147. The smallest absolute Gasteiger partial charge is 0.315 e.